The van der Waals surface area contributed by atoms with Crippen LogP contribution in [0.4, 0.5) is 0 Å². The fraction of sp³-hybridized carbons (Fsp3) is 0.714. The lowest BCUT2D eigenvalue weighted by Crippen LogP contribution is -2.02. The first-order chi connectivity index (χ1) is 8.76. The third kappa shape index (κ3) is 6.34. The van der Waals surface area contributed by atoms with Crippen molar-refractivity contribution in [3.05, 3.63) is 16.5 Å². The standard InChI is InChI=1S/C14H23BrN2O/c1-3-5-6-7-8-9-10-18-14-11-12(15)16-13(4-2)17-14/h11H,3-10H2,1-2H3. The van der Waals surface area contributed by atoms with Crippen LogP contribution in [0.15, 0.2) is 10.7 Å². The van der Waals surface area contributed by atoms with E-state index in [4.69, 9.17) is 4.74 Å². The number of aryl methyl sites for hydroxylation is 1. The Hall–Kier alpha value is -0.640. The summed E-state index contributed by atoms with van der Waals surface area (Å²) in [6.45, 7) is 5.03. The van der Waals surface area contributed by atoms with Crippen LogP contribution < -0.4 is 4.74 Å². The molecular weight excluding hydrogens is 292 g/mol. The summed E-state index contributed by atoms with van der Waals surface area (Å²) in [5.41, 5.74) is 0. The van der Waals surface area contributed by atoms with E-state index in [1.54, 1.807) is 0 Å². The monoisotopic (exact) mass is 314 g/mol. The highest BCUT2D eigenvalue weighted by Crippen LogP contribution is 2.15. The van der Waals surface area contributed by atoms with Crippen molar-refractivity contribution < 1.29 is 4.74 Å². The molecule has 18 heavy (non-hydrogen) atoms. The quantitative estimate of drug-likeness (QED) is 0.496. The molecule has 0 bridgehead atoms. The average molecular weight is 315 g/mol. The van der Waals surface area contributed by atoms with E-state index < -0.39 is 0 Å². The molecule has 0 saturated carbocycles. The van der Waals surface area contributed by atoms with Gasteiger partial charge in [0.15, 0.2) is 0 Å². The van der Waals surface area contributed by atoms with Crippen LogP contribution in [0, 0.1) is 0 Å². The summed E-state index contributed by atoms with van der Waals surface area (Å²) >= 11 is 3.37. The minimum atomic E-state index is 0.683. The molecule has 0 aliphatic rings. The molecule has 0 aliphatic heterocycles. The Kier molecular flexibility index (Phi) is 7.98. The molecular formula is C14H23BrN2O. The maximum atomic E-state index is 5.65. The highest BCUT2D eigenvalue weighted by atomic mass is 79.9. The van der Waals surface area contributed by atoms with Crippen LogP contribution in [-0.2, 0) is 6.42 Å². The van der Waals surface area contributed by atoms with Crippen LogP contribution in [0.25, 0.3) is 0 Å². The highest BCUT2D eigenvalue weighted by Gasteiger charge is 2.02. The van der Waals surface area contributed by atoms with Crippen molar-refractivity contribution in [1.29, 1.82) is 0 Å². The molecule has 1 rings (SSSR count). The van der Waals surface area contributed by atoms with Gasteiger partial charge in [-0.3, -0.25) is 0 Å². The summed E-state index contributed by atoms with van der Waals surface area (Å²) in [5, 5.41) is 0. The number of aromatic nitrogens is 2. The zero-order valence-electron chi connectivity index (χ0n) is 11.4. The normalized spacial score (nSPS) is 10.6. The number of halogens is 1. The van der Waals surface area contributed by atoms with E-state index in [2.05, 4.69) is 32.8 Å². The number of unbranched alkanes of at least 4 members (excludes halogenated alkanes) is 5. The van der Waals surface area contributed by atoms with Crippen molar-refractivity contribution in [2.24, 2.45) is 0 Å². The van der Waals surface area contributed by atoms with Crippen molar-refractivity contribution >= 4 is 15.9 Å². The van der Waals surface area contributed by atoms with Gasteiger partial charge in [0.05, 0.1) is 6.61 Å². The Labute approximate surface area is 119 Å². The summed E-state index contributed by atoms with van der Waals surface area (Å²) in [4.78, 5) is 8.59. The van der Waals surface area contributed by atoms with Gasteiger partial charge in [0.2, 0.25) is 5.88 Å². The maximum Gasteiger partial charge on any atom is 0.217 e. The molecule has 3 nitrogen and oxygen atoms in total. The molecule has 1 heterocycles. The third-order valence-electron chi connectivity index (χ3n) is 2.78. The van der Waals surface area contributed by atoms with Crippen LogP contribution >= 0.6 is 15.9 Å². The summed E-state index contributed by atoms with van der Waals surface area (Å²) in [6, 6.07) is 1.83. The van der Waals surface area contributed by atoms with Crippen molar-refractivity contribution in [3.63, 3.8) is 0 Å². The first kappa shape index (κ1) is 15.4. The van der Waals surface area contributed by atoms with Gasteiger partial charge < -0.3 is 4.74 Å². The van der Waals surface area contributed by atoms with E-state index in [0.29, 0.717) is 5.88 Å². The minimum absolute atomic E-state index is 0.683. The molecule has 0 aromatic carbocycles. The van der Waals surface area contributed by atoms with Crippen LogP contribution in [0.5, 0.6) is 5.88 Å². The second kappa shape index (κ2) is 9.31. The molecule has 0 radical (unpaired) electrons. The summed E-state index contributed by atoms with van der Waals surface area (Å²) < 4.78 is 6.45. The Bertz CT molecular complexity index is 345. The van der Waals surface area contributed by atoms with Crippen molar-refractivity contribution in [2.75, 3.05) is 6.61 Å². The lowest BCUT2D eigenvalue weighted by Gasteiger charge is -2.06. The summed E-state index contributed by atoms with van der Waals surface area (Å²) in [5.74, 6) is 1.50. The number of ether oxygens (including phenoxy) is 1. The zero-order chi connectivity index (χ0) is 13.2. The largest absolute Gasteiger partial charge is 0.478 e. The molecule has 0 spiro atoms. The van der Waals surface area contributed by atoms with E-state index >= 15 is 0 Å². The van der Waals surface area contributed by atoms with Crippen molar-refractivity contribution in [1.82, 2.24) is 9.97 Å². The number of nitrogens with zero attached hydrogens (tertiary/aromatic N) is 2. The molecule has 0 aliphatic carbocycles. The second-order valence-corrected chi connectivity index (χ2v) is 5.23. The first-order valence-electron chi connectivity index (χ1n) is 6.92. The number of hydrogen-bond donors (Lipinski definition) is 0. The lowest BCUT2D eigenvalue weighted by molar-refractivity contribution is 0.291. The molecule has 1 aromatic rings. The van der Waals surface area contributed by atoms with Gasteiger partial charge in [-0.05, 0) is 22.4 Å². The van der Waals surface area contributed by atoms with E-state index in [1.807, 2.05) is 13.0 Å². The van der Waals surface area contributed by atoms with Crippen molar-refractivity contribution in [3.8, 4) is 5.88 Å². The molecule has 0 saturated heterocycles. The Morgan fingerprint density at radius 2 is 1.78 bits per heavy atom. The van der Waals surface area contributed by atoms with E-state index in [9.17, 15) is 0 Å². The van der Waals surface area contributed by atoms with Gasteiger partial charge in [-0.25, -0.2) is 4.98 Å². The van der Waals surface area contributed by atoms with Crippen LogP contribution in [0.3, 0.4) is 0 Å². The van der Waals surface area contributed by atoms with Gasteiger partial charge in [0.25, 0.3) is 0 Å². The Balaban J connectivity index is 2.20. The molecule has 1 aromatic heterocycles. The first-order valence-corrected chi connectivity index (χ1v) is 7.71. The number of hydrogen-bond acceptors (Lipinski definition) is 3. The van der Waals surface area contributed by atoms with Gasteiger partial charge in [-0.1, -0.05) is 46.0 Å². The number of rotatable bonds is 9. The molecule has 102 valence electrons. The summed E-state index contributed by atoms with van der Waals surface area (Å²) in [6.07, 6.45) is 8.47. The van der Waals surface area contributed by atoms with Crippen LogP contribution in [-0.4, -0.2) is 16.6 Å². The Morgan fingerprint density at radius 1 is 1.06 bits per heavy atom. The van der Waals surface area contributed by atoms with E-state index in [0.717, 1.165) is 29.9 Å². The molecule has 0 atom stereocenters. The molecule has 0 amide bonds. The van der Waals surface area contributed by atoms with Gasteiger partial charge in [0, 0.05) is 12.5 Å². The molecule has 0 unspecified atom stereocenters. The Morgan fingerprint density at radius 3 is 2.50 bits per heavy atom. The van der Waals surface area contributed by atoms with Gasteiger partial charge >= 0.3 is 0 Å². The minimum Gasteiger partial charge on any atom is -0.478 e. The molecule has 0 fully saturated rings. The smallest absolute Gasteiger partial charge is 0.217 e. The predicted molar refractivity (Wildman–Crippen MR) is 78.0 cm³/mol. The predicted octanol–water partition coefficient (Wildman–Crippen LogP) is 4.54. The fourth-order valence-corrected chi connectivity index (χ4v) is 2.13. The van der Waals surface area contributed by atoms with Crippen LogP contribution in [0.1, 0.15) is 58.2 Å². The van der Waals surface area contributed by atoms with E-state index in [1.165, 1.54) is 32.1 Å². The van der Waals surface area contributed by atoms with Gasteiger partial charge in [-0.15, -0.1) is 0 Å². The van der Waals surface area contributed by atoms with Crippen molar-refractivity contribution in [2.45, 2.75) is 58.8 Å². The average Bonchev–Trinajstić information content (AvgIpc) is 2.37. The van der Waals surface area contributed by atoms with Gasteiger partial charge in [0.1, 0.15) is 10.4 Å². The van der Waals surface area contributed by atoms with Crippen LogP contribution in [0.2, 0.25) is 0 Å². The lowest BCUT2D eigenvalue weighted by atomic mass is 10.1. The van der Waals surface area contributed by atoms with E-state index in [-0.39, 0.29) is 0 Å². The zero-order valence-corrected chi connectivity index (χ0v) is 13.0. The second-order valence-electron chi connectivity index (χ2n) is 4.41. The van der Waals surface area contributed by atoms with Gasteiger partial charge in [-0.2, -0.15) is 4.98 Å². The third-order valence-corrected chi connectivity index (χ3v) is 3.19. The molecule has 0 N–H and O–H groups in total. The maximum absolute atomic E-state index is 5.65. The molecule has 4 heteroatoms. The topological polar surface area (TPSA) is 35.0 Å². The summed E-state index contributed by atoms with van der Waals surface area (Å²) in [7, 11) is 0. The SMILES string of the molecule is CCCCCCCCOc1cc(Br)nc(CC)n1. The fourth-order valence-electron chi connectivity index (χ4n) is 1.73. The highest BCUT2D eigenvalue weighted by molar-refractivity contribution is 9.10.